The van der Waals surface area contributed by atoms with Crippen molar-refractivity contribution >= 4 is 33.0 Å². The number of benzene rings is 1. The molecule has 1 unspecified atom stereocenters. The van der Waals surface area contributed by atoms with E-state index < -0.39 is 17.7 Å². The predicted molar refractivity (Wildman–Crippen MR) is 93.0 cm³/mol. The average Bonchev–Trinajstić information content (AvgIpc) is 2.42. The highest BCUT2D eigenvalue weighted by Crippen LogP contribution is 2.29. The van der Waals surface area contributed by atoms with Gasteiger partial charge in [0.25, 0.3) is 6.47 Å². The van der Waals surface area contributed by atoms with Crippen molar-refractivity contribution in [3.05, 3.63) is 41.2 Å². The molecule has 1 amide bonds. The lowest BCUT2D eigenvalue weighted by atomic mass is 10.1. The zero-order chi connectivity index (χ0) is 17.6. The largest absolute Gasteiger partial charge is 0.444 e. The van der Waals surface area contributed by atoms with Gasteiger partial charge in [0.05, 0.1) is 10.5 Å². The molecule has 0 aliphatic carbocycles. The zero-order valence-corrected chi connectivity index (χ0v) is 15.6. The minimum atomic E-state index is -0.605. The molecule has 0 saturated heterocycles. The van der Waals surface area contributed by atoms with Gasteiger partial charge >= 0.3 is 6.09 Å². The Hall–Kier alpha value is -1.82. The minimum Gasteiger partial charge on any atom is -0.444 e. The highest BCUT2D eigenvalue weighted by atomic mass is 79.9. The summed E-state index contributed by atoms with van der Waals surface area (Å²) >= 11 is 3.46. The van der Waals surface area contributed by atoms with E-state index in [0.29, 0.717) is 16.7 Å². The molecule has 0 spiro atoms. The molecule has 126 valence electrons. The third kappa shape index (κ3) is 6.06. The number of hydrogen-bond acceptors (Lipinski definition) is 4. The van der Waals surface area contributed by atoms with Crippen LogP contribution < -0.4 is 5.32 Å². The third-order valence-corrected chi connectivity index (χ3v) is 3.72. The first-order valence-electron chi connectivity index (χ1n) is 7.21. The SMILES string of the molecule is Cc1ccccc1/C(Br)=C(\OC=O)C(C)NC(=O)OC(C)(C)C. The normalized spacial score (nSPS) is 13.7. The van der Waals surface area contributed by atoms with Crippen molar-refractivity contribution in [2.24, 2.45) is 0 Å². The maximum Gasteiger partial charge on any atom is 0.408 e. The fraction of sp³-hybridized carbons (Fsp3) is 0.412. The molecule has 0 saturated carbocycles. The summed E-state index contributed by atoms with van der Waals surface area (Å²) in [6.07, 6.45) is -0.581. The fourth-order valence-corrected chi connectivity index (χ4v) is 2.78. The number of carbonyl (C=O) groups is 2. The number of halogens is 1. The van der Waals surface area contributed by atoms with E-state index in [-0.39, 0.29) is 0 Å². The van der Waals surface area contributed by atoms with Crippen LogP contribution in [0.15, 0.2) is 30.0 Å². The maximum atomic E-state index is 11.9. The molecular formula is C17H22BrNO4. The number of nitrogens with one attached hydrogen (secondary N) is 1. The lowest BCUT2D eigenvalue weighted by Gasteiger charge is -2.23. The summed E-state index contributed by atoms with van der Waals surface area (Å²) in [7, 11) is 0. The molecule has 0 aromatic heterocycles. The Morgan fingerprint density at radius 3 is 2.43 bits per heavy atom. The summed E-state index contributed by atoms with van der Waals surface area (Å²) in [6.45, 7) is 9.32. The van der Waals surface area contributed by atoms with Gasteiger partial charge in [0, 0.05) is 0 Å². The molecule has 1 aromatic carbocycles. The topological polar surface area (TPSA) is 64.6 Å². The fourth-order valence-electron chi connectivity index (χ4n) is 1.90. The van der Waals surface area contributed by atoms with Gasteiger partial charge in [-0.25, -0.2) is 4.79 Å². The molecule has 0 bridgehead atoms. The number of rotatable bonds is 5. The van der Waals surface area contributed by atoms with Crippen molar-refractivity contribution in [1.82, 2.24) is 5.32 Å². The van der Waals surface area contributed by atoms with Crippen molar-refractivity contribution in [3.8, 4) is 0 Å². The van der Waals surface area contributed by atoms with Crippen LogP contribution in [0.3, 0.4) is 0 Å². The monoisotopic (exact) mass is 383 g/mol. The van der Waals surface area contributed by atoms with Crippen LogP contribution in [0, 0.1) is 6.92 Å². The maximum absolute atomic E-state index is 11.9. The number of ether oxygens (including phenoxy) is 2. The van der Waals surface area contributed by atoms with E-state index in [9.17, 15) is 9.59 Å². The molecule has 6 heteroatoms. The number of hydrogen-bond donors (Lipinski definition) is 1. The van der Waals surface area contributed by atoms with Gasteiger partial charge in [-0.05, 0) is 61.7 Å². The van der Waals surface area contributed by atoms with Crippen LogP contribution in [0.25, 0.3) is 4.48 Å². The summed E-state index contributed by atoms with van der Waals surface area (Å²) in [6, 6.07) is 7.09. The van der Waals surface area contributed by atoms with E-state index in [1.54, 1.807) is 27.7 Å². The number of alkyl carbamates (subject to hydrolysis) is 1. The molecule has 1 N–H and O–H groups in total. The van der Waals surface area contributed by atoms with Gasteiger partial charge in [-0.2, -0.15) is 0 Å². The van der Waals surface area contributed by atoms with Gasteiger partial charge in [0.15, 0.2) is 0 Å². The average molecular weight is 384 g/mol. The van der Waals surface area contributed by atoms with E-state index >= 15 is 0 Å². The summed E-state index contributed by atoms with van der Waals surface area (Å²) in [5.41, 5.74) is 1.28. The summed E-state index contributed by atoms with van der Waals surface area (Å²) < 4.78 is 10.9. The second kappa shape index (κ2) is 8.15. The Morgan fingerprint density at radius 2 is 1.91 bits per heavy atom. The van der Waals surface area contributed by atoms with E-state index in [1.807, 2.05) is 31.2 Å². The molecule has 0 aliphatic rings. The van der Waals surface area contributed by atoms with Gasteiger partial charge < -0.3 is 14.8 Å². The van der Waals surface area contributed by atoms with Gasteiger partial charge in [-0.1, -0.05) is 24.3 Å². The van der Waals surface area contributed by atoms with Crippen molar-refractivity contribution in [2.75, 3.05) is 0 Å². The standard InChI is InChI=1S/C17H22BrNO4/c1-11-8-6-7-9-13(11)14(18)15(22-10-20)12(2)19-16(21)23-17(3,4)5/h6-10,12H,1-5H3,(H,19,21)/b15-14+. The number of amides is 1. The molecule has 5 nitrogen and oxygen atoms in total. The van der Waals surface area contributed by atoms with E-state index in [4.69, 9.17) is 9.47 Å². The Labute approximate surface area is 145 Å². The van der Waals surface area contributed by atoms with Crippen molar-refractivity contribution in [1.29, 1.82) is 0 Å². The molecule has 1 rings (SSSR count). The van der Waals surface area contributed by atoms with E-state index in [1.165, 1.54) is 0 Å². The quantitative estimate of drug-likeness (QED) is 0.612. The van der Waals surface area contributed by atoms with Crippen LogP contribution in [0.1, 0.15) is 38.8 Å². The Morgan fingerprint density at radius 1 is 1.30 bits per heavy atom. The summed E-state index contributed by atoms with van der Waals surface area (Å²) in [5, 5.41) is 2.66. The summed E-state index contributed by atoms with van der Waals surface area (Å²) in [5.74, 6) is 0.306. The van der Waals surface area contributed by atoms with Crippen LogP contribution in [0.4, 0.5) is 4.79 Å². The number of carbonyl (C=O) groups excluding carboxylic acids is 2. The van der Waals surface area contributed by atoms with Gasteiger partial charge in [0.2, 0.25) is 0 Å². The van der Waals surface area contributed by atoms with Gasteiger partial charge in [-0.3, -0.25) is 4.79 Å². The Balaban J connectivity index is 3.05. The van der Waals surface area contributed by atoms with Crippen LogP contribution in [-0.4, -0.2) is 24.2 Å². The molecule has 0 aliphatic heterocycles. The Kier molecular flexibility index (Phi) is 6.81. The summed E-state index contributed by atoms with van der Waals surface area (Å²) in [4.78, 5) is 22.7. The second-order valence-electron chi connectivity index (χ2n) is 6.08. The molecular weight excluding hydrogens is 362 g/mol. The molecule has 0 fully saturated rings. The van der Waals surface area contributed by atoms with Crippen molar-refractivity contribution in [2.45, 2.75) is 46.3 Å². The van der Waals surface area contributed by atoms with Crippen LogP contribution in [-0.2, 0) is 14.3 Å². The number of aryl methyl sites for hydroxylation is 1. The second-order valence-corrected chi connectivity index (χ2v) is 6.87. The van der Waals surface area contributed by atoms with Crippen LogP contribution in [0.5, 0.6) is 0 Å². The van der Waals surface area contributed by atoms with Crippen molar-refractivity contribution < 1.29 is 19.1 Å². The predicted octanol–water partition coefficient (Wildman–Crippen LogP) is 4.14. The van der Waals surface area contributed by atoms with E-state index in [0.717, 1.165) is 11.1 Å². The van der Waals surface area contributed by atoms with Gasteiger partial charge in [-0.15, -0.1) is 0 Å². The Bertz CT molecular complexity index is 605. The zero-order valence-electron chi connectivity index (χ0n) is 14.0. The van der Waals surface area contributed by atoms with Crippen molar-refractivity contribution in [3.63, 3.8) is 0 Å². The minimum absolute atomic E-state index is 0.306. The lowest BCUT2D eigenvalue weighted by Crippen LogP contribution is -2.39. The van der Waals surface area contributed by atoms with Crippen LogP contribution >= 0.6 is 15.9 Å². The molecule has 23 heavy (non-hydrogen) atoms. The van der Waals surface area contributed by atoms with Crippen LogP contribution in [0.2, 0.25) is 0 Å². The third-order valence-electron chi connectivity index (χ3n) is 2.90. The first-order valence-corrected chi connectivity index (χ1v) is 8.00. The highest BCUT2D eigenvalue weighted by Gasteiger charge is 2.22. The molecule has 1 atom stereocenters. The van der Waals surface area contributed by atoms with E-state index in [2.05, 4.69) is 21.2 Å². The lowest BCUT2D eigenvalue weighted by molar-refractivity contribution is -0.125. The smallest absolute Gasteiger partial charge is 0.408 e. The molecule has 1 aromatic rings. The molecule has 0 radical (unpaired) electrons. The highest BCUT2D eigenvalue weighted by molar-refractivity contribution is 9.15. The first kappa shape index (κ1) is 19.2. The first-order chi connectivity index (χ1) is 10.7. The van der Waals surface area contributed by atoms with Gasteiger partial charge in [0.1, 0.15) is 11.4 Å². The molecule has 0 heterocycles.